The molecule has 0 fully saturated rings. The number of benzene rings is 1. The van der Waals surface area contributed by atoms with E-state index in [9.17, 15) is 14.4 Å². The molecule has 0 aliphatic heterocycles. The van der Waals surface area contributed by atoms with E-state index in [-0.39, 0.29) is 12.5 Å². The molecule has 0 aliphatic rings. The van der Waals surface area contributed by atoms with E-state index in [1.165, 1.54) is 0 Å². The highest BCUT2D eigenvalue weighted by Crippen LogP contribution is 2.14. The number of unbranched alkanes of at least 4 members (excludes halogenated alkanes) is 6. The van der Waals surface area contributed by atoms with Crippen molar-refractivity contribution in [2.45, 2.75) is 118 Å². The molecule has 3 N–H and O–H groups in total. The van der Waals surface area contributed by atoms with Crippen LogP contribution in [0.3, 0.4) is 0 Å². The number of hydrogen-bond donors (Lipinski definition) is 4. The fraction of sp³-hybridized carbons (Fsp3) is 0.690. The molecule has 0 saturated heterocycles. The fourth-order valence-electron chi connectivity index (χ4n) is 3.40. The molecule has 0 unspecified atom stereocenters. The highest BCUT2D eigenvalue weighted by Gasteiger charge is 2.21. The third kappa shape index (κ3) is 24.1. The van der Waals surface area contributed by atoms with Crippen molar-refractivity contribution in [3.63, 3.8) is 0 Å². The summed E-state index contributed by atoms with van der Waals surface area (Å²) in [6.07, 6.45) is 7.82. The van der Waals surface area contributed by atoms with Crippen LogP contribution in [0.25, 0.3) is 0 Å². The van der Waals surface area contributed by atoms with Crippen molar-refractivity contribution in [1.29, 1.82) is 0 Å². The molecule has 8 nitrogen and oxygen atoms in total. The van der Waals surface area contributed by atoms with E-state index < -0.39 is 17.5 Å². The second-order valence-electron chi connectivity index (χ2n) is 9.20. The van der Waals surface area contributed by atoms with E-state index in [0.29, 0.717) is 25.1 Å². The third-order valence-electron chi connectivity index (χ3n) is 5.04. The van der Waals surface area contributed by atoms with Crippen molar-refractivity contribution in [3.05, 3.63) is 35.4 Å². The Hall–Kier alpha value is -2.26. The zero-order valence-corrected chi connectivity index (χ0v) is 25.6. The molecule has 0 aromatic heterocycles. The number of rotatable bonds is 15. The summed E-state index contributed by atoms with van der Waals surface area (Å²) in [5.74, 6) is -1.67. The highest BCUT2D eigenvalue weighted by atomic mass is 32.1. The van der Waals surface area contributed by atoms with Crippen LogP contribution < -0.4 is 0 Å². The van der Waals surface area contributed by atoms with E-state index in [2.05, 4.69) is 12.9 Å². The SMILES string of the molecule is CC.CC.CC(C)(C)OC(=O)N(CCCCCCCC(=O)O)CCCCCc1cccc(C(=O)O)c1.OS. The van der Waals surface area contributed by atoms with Gasteiger partial charge in [-0.05, 0) is 83.5 Å². The predicted molar refractivity (Wildman–Crippen MR) is 158 cm³/mol. The van der Waals surface area contributed by atoms with Crippen LogP contribution >= 0.6 is 12.9 Å². The number of nitrogens with zero attached hydrogens (tertiary/aromatic N) is 1. The number of ether oxygens (including phenoxy) is 1. The Balaban J connectivity index is -0.00000190. The highest BCUT2D eigenvalue weighted by molar-refractivity contribution is 7.74. The Labute approximate surface area is 236 Å². The van der Waals surface area contributed by atoms with Crippen LogP contribution in [-0.2, 0) is 16.0 Å². The van der Waals surface area contributed by atoms with Crippen LogP contribution in [0.1, 0.15) is 122 Å². The Morgan fingerprint density at radius 2 is 1.32 bits per heavy atom. The number of thiol groups is 1. The maximum Gasteiger partial charge on any atom is 0.410 e. The van der Waals surface area contributed by atoms with Gasteiger partial charge in [-0.3, -0.25) is 4.79 Å². The first-order chi connectivity index (χ1) is 18.1. The largest absolute Gasteiger partial charge is 0.481 e. The van der Waals surface area contributed by atoms with Crippen molar-refractivity contribution < 1.29 is 33.9 Å². The average molecular weight is 560 g/mol. The number of aliphatic carboxylic acids is 1. The Bertz CT molecular complexity index is 736. The van der Waals surface area contributed by atoms with Gasteiger partial charge in [-0.1, -0.05) is 65.5 Å². The number of carboxylic acids is 2. The second-order valence-corrected chi connectivity index (χ2v) is 9.20. The molecule has 0 bridgehead atoms. The minimum atomic E-state index is -0.915. The first-order valence-corrected chi connectivity index (χ1v) is 14.2. The van der Waals surface area contributed by atoms with E-state index in [1.54, 1.807) is 23.1 Å². The summed E-state index contributed by atoms with van der Waals surface area (Å²) in [7, 11) is 0. The molecule has 0 aliphatic carbocycles. The van der Waals surface area contributed by atoms with Gasteiger partial charge in [0.25, 0.3) is 0 Å². The predicted octanol–water partition coefficient (Wildman–Crippen LogP) is 8.20. The molecule has 0 saturated carbocycles. The summed E-state index contributed by atoms with van der Waals surface area (Å²) in [4.78, 5) is 36.0. The molecule has 0 atom stereocenters. The Morgan fingerprint density at radius 1 is 0.816 bits per heavy atom. The van der Waals surface area contributed by atoms with Crippen molar-refractivity contribution in [1.82, 2.24) is 4.90 Å². The van der Waals surface area contributed by atoms with Gasteiger partial charge in [0, 0.05) is 19.5 Å². The molecule has 1 amide bonds. The Morgan fingerprint density at radius 3 is 1.82 bits per heavy atom. The van der Waals surface area contributed by atoms with Gasteiger partial charge in [-0.15, -0.1) is 0 Å². The maximum absolute atomic E-state index is 12.6. The second kappa shape index (κ2) is 26.4. The van der Waals surface area contributed by atoms with Gasteiger partial charge in [-0.2, -0.15) is 0 Å². The monoisotopic (exact) mass is 559 g/mol. The van der Waals surface area contributed by atoms with Gasteiger partial charge in [0.1, 0.15) is 5.60 Å². The minimum absolute atomic E-state index is 0.213. The molecule has 1 aromatic carbocycles. The number of aromatic carboxylic acids is 1. The Kier molecular flexibility index (Phi) is 27.9. The maximum atomic E-state index is 12.6. The quantitative estimate of drug-likeness (QED) is 0.0969. The van der Waals surface area contributed by atoms with Crippen LogP contribution in [0.15, 0.2) is 24.3 Å². The van der Waals surface area contributed by atoms with Crippen molar-refractivity contribution >= 4 is 30.9 Å². The summed E-state index contributed by atoms with van der Waals surface area (Å²) in [5.41, 5.74) is 0.778. The molecule has 1 rings (SSSR count). The summed E-state index contributed by atoms with van der Waals surface area (Å²) >= 11 is 2.53. The van der Waals surface area contributed by atoms with Crippen molar-refractivity contribution in [2.24, 2.45) is 0 Å². The zero-order chi connectivity index (χ0) is 30.0. The van der Waals surface area contributed by atoms with E-state index in [1.807, 2.05) is 54.5 Å². The number of aryl methyl sites for hydroxylation is 1. The van der Waals surface area contributed by atoms with Gasteiger partial charge < -0.3 is 24.4 Å². The van der Waals surface area contributed by atoms with Crippen LogP contribution in [0.2, 0.25) is 0 Å². The number of hydrogen-bond acceptors (Lipinski definition) is 6. The summed E-state index contributed by atoms with van der Waals surface area (Å²) in [6.45, 7) is 14.8. The average Bonchev–Trinajstić information content (AvgIpc) is 2.89. The van der Waals surface area contributed by atoms with Crippen LogP contribution in [-0.4, -0.2) is 56.4 Å². The minimum Gasteiger partial charge on any atom is -0.481 e. The van der Waals surface area contributed by atoms with Gasteiger partial charge in [0.2, 0.25) is 0 Å². The lowest BCUT2D eigenvalue weighted by Gasteiger charge is -2.27. The van der Waals surface area contributed by atoms with Crippen molar-refractivity contribution in [2.75, 3.05) is 13.1 Å². The van der Waals surface area contributed by atoms with Gasteiger partial charge in [0.05, 0.1) is 5.56 Å². The molecular weight excluding hydrogens is 506 g/mol. The zero-order valence-electron chi connectivity index (χ0n) is 24.7. The summed E-state index contributed by atoms with van der Waals surface area (Å²) in [6, 6.07) is 7.02. The van der Waals surface area contributed by atoms with Crippen molar-refractivity contribution in [3.8, 4) is 0 Å². The van der Waals surface area contributed by atoms with E-state index in [0.717, 1.165) is 56.9 Å². The smallest absolute Gasteiger partial charge is 0.410 e. The molecule has 222 valence electrons. The summed E-state index contributed by atoms with van der Waals surface area (Å²) < 4.78 is 12.2. The fourth-order valence-corrected chi connectivity index (χ4v) is 3.40. The molecular formula is C29H53NO7S. The summed E-state index contributed by atoms with van der Waals surface area (Å²) in [5, 5.41) is 17.8. The molecule has 1 aromatic rings. The molecule has 9 heteroatoms. The molecule has 0 heterocycles. The van der Waals surface area contributed by atoms with Crippen LogP contribution in [0.4, 0.5) is 4.79 Å². The molecule has 0 spiro atoms. The number of carbonyl (C=O) groups excluding carboxylic acids is 1. The lowest BCUT2D eigenvalue weighted by Crippen LogP contribution is -2.38. The van der Waals surface area contributed by atoms with E-state index in [4.69, 9.17) is 19.5 Å². The number of carbonyl (C=O) groups is 3. The number of amides is 1. The van der Waals surface area contributed by atoms with Gasteiger partial charge >= 0.3 is 18.0 Å². The standard InChI is InChI=1S/C25H39NO6.2C2H6.H2OS/c1-25(2,3)32-24(31)26(17-10-6-4-5-9-16-22(27)28)18-11-7-8-13-20-14-12-15-21(19-20)23(29)30;3*1-2/h12,14-15,19H,4-11,13,16-18H2,1-3H3,(H,27,28)(H,29,30);2*1-2H3;1-2H. The third-order valence-corrected chi connectivity index (χ3v) is 5.04. The molecule has 38 heavy (non-hydrogen) atoms. The first-order valence-electron chi connectivity index (χ1n) is 13.8. The van der Waals surface area contributed by atoms with Crippen LogP contribution in [0.5, 0.6) is 0 Å². The molecule has 0 radical (unpaired) electrons. The van der Waals surface area contributed by atoms with Gasteiger partial charge in [-0.25, -0.2) is 9.59 Å². The first kappa shape index (κ1) is 40.2. The van der Waals surface area contributed by atoms with Crippen LogP contribution in [0, 0.1) is 0 Å². The lowest BCUT2D eigenvalue weighted by atomic mass is 10.0. The van der Waals surface area contributed by atoms with E-state index >= 15 is 0 Å². The number of carboxylic acid groups (broad SMARTS) is 2. The topological polar surface area (TPSA) is 124 Å². The lowest BCUT2D eigenvalue weighted by molar-refractivity contribution is -0.137. The normalized spacial score (nSPS) is 9.92. The van der Waals surface area contributed by atoms with Gasteiger partial charge in [0.15, 0.2) is 0 Å².